The maximum Gasteiger partial charge on any atom is 0.264 e. The molecule has 7 heteroatoms. The van der Waals surface area contributed by atoms with Gasteiger partial charge in [-0.1, -0.05) is 54.1 Å². The topological polar surface area (TPSA) is 62.3 Å². The number of aryl methyl sites for hydroxylation is 2. The molecule has 0 aliphatic heterocycles. The van der Waals surface area contributed by atoms with Gasteiger partial charge in [-0.15, -0.1) is 11.3 Å². The maximum absolute atomic E-state index is 13.7. The Labute approximate surface area is 208 Å². The van der Waals surface area contributed by atoms with Crippen LogP contribution in [0.1, 0.15) is 42.3 Å². The van der Waals surface area contributed by atoms with Crippen molar-refractivity contribution in [2.24, 2.45) is 0 Å². The summed E-state index contributed by atoms with van der Waals surface area (Å²) < 4.78 is 0. The van der Waals surface area contributed by atoms with Gasteiger partial charge in [-0.25, -0.2) is 0 Å². The quantitative estimate of drug-likeness (QED) is 0.322. The van der Waals surface area contributed by atoms with E-state index < -0.39 is 0 Å². The third kappa shape index (κ3) is 5.53. The van der Waals surface area contributed by atoms with Crippen LogP contribution in [0, 0.1) is 13.8 Å². The highest BCUT2D eigenvalue weighted by molar-refractivity contribution is 7.18. The number of carbonyl (C=O) groups is 2. The molecule has 0 saturated heterocycles. The summed E-state index contributed by atoms with van der Waals surface area (Å²) in [6.45, 7) is 4.82. The number of amides is 2. The van der Waals surface area contributed by atoms with E-state index in [-0.39, 0.29) is 11.8 Å². The standard InChI is InChI=1S/C27H24ClN3O2S/c1-18-8-3-4-10-21(18)17-31(16-20-9-7-13-29-15-20)27(33)25-19(2)14-24(34-25)30-26(32)22-11-5-6-12-23(22)28/h3-15H,16-17H2,1-2H3,(H,30,32). The zero-order valence-corrected chi connectivity index (χ0v) is 20.5. The molecule has 2 aromatic heterocycles. The number of pyridine rings is 1. The van der Waals surface area contributed by atoms with Crippen molar-refractivity contribution < 1.29 is 9.59 Å². The number of anilines is 1. The van der Waals surface area contributed by atoms with E-state index in [2.05, 4.69) is 10.3 Å². The van der Waals surface area contributed by atoms with Crippen LogP contribution in [-0.2, 0) is 13.1 Å². The molecule has 172 valence electrons. The smallest absolute Gasteiger partial charge is 0.264 e. The third-order valence-corrected chi connectivity index (χ3v) is 6.94. The molecule has 4 aromatic rings. The van der Waals surface area contributed by atoms with Crippen LogP contribution in [0.2, 0.25) is 5.02 Å². The van der Waals surface area contributed by atoms with E-state index in [0.717, 1.165) is 22.3 Å². The summed E-state index contributed by atoms with van der Waals surface area (Å²) in [5.41, 5.74) is 4.36. The minimum absolute atomic E-state index is 0.0900. The molecule has 34 heavy (non-hydrogen) atoms. The van der Waals surface area contributed by atoms with Gasteiger partial charge in [0.2, 0.25) is 0 Å². The monoisotopic (exact) mass is 489 g/mol. The fourth-order valence-corrected chi connectivity index (χ4v) is 4.89. The lowest BCUT2D eigenvalue weighted by Crippen LogP contribution is -2.30. The Morgan fingerprint density at radius 3 is 2.47 bits per heavy atom. The van der Waals surface area contributed by atoms with E-state index in [9.17, 15) is 9.59 Å². The highest BCUT2D eigenvalue weighted by Gasteiger charge is 2.23. The molecule has 0 aliphatic rings. The molecule has 0 unspecified atom stereocenters. The number of thiophene rings is 1. The van der Waals surface area contributed by atoms with Gasteiger partial charge >= 0.3 is 0 Å². The molecule has 0 spiro atoms. The lowest BCUT2D eigenvalue weighted by molar-refractivity contribution is 0.0733. The average molecular weight is 490 g/mol. The SMILES string of the molecule is Cc1ccccc1CN(Cc1cccnc1)C(=O)c1sc(NC(=O)c2ccccc2Cl)cc1C. The summed E-state index contributed by atoms with van der Waals surface area (Å²) in [5, 5.41) is 3.86. The first kappa shape index (κ1) is 23.7. The lowest BCUT2D eigenvalue weighted by atomic mass is 10.1. The Hall–Kier alpha value is -3.48. The van der Waals surface area contributed by atoms with Gasteiger partial charge < -0.3 is 10.2 Å². The molecular formula is C27H24ClN3O2S. The Morgan fingerprint density at radius 1 is 0.971 bits per heavy atom. The second-order valence-electron chi connectivity index (χ2n) is 8.01. The summed E-state index contributed by atoms with van der Waals surface area (Å²) in [5.74, 6) is -0.397. The van der Waals surface area contributed by atoms with Gasteiger partial charge in [-0.05, 0) is 60.4 Å². The lowest BCUT2D eigenvalue weighted by Gasteiger charge is -2.23. The Kier molecular flexibility index (Phi) is 7.40. The summed E-state index contributed by atoms with van der Waals surface area (Å²) >= 11 is 7.43. The highest BCUT2D eigenvalue weighted by atomic mass is 35.5. The van der Waals surface area contributed by atoms with E-state index in [4.69, 9.17) is 11.6 Å². The van der Waals surface area contributed by atoms with Crippen molar-refractivity contribution in [2.45, 2.75) is 26.9 Å². The number of hydrogen-bond donors (Lipinski definition) is 1. The normalized spacial score (nSPS) is 10.7. The molecule has 0 fully saturated rings. The summed E-state index contributed by atoms with van der Waals surface area (Å²) in [7, 11) is 0. The van der Waals surface area contributed by atoms with Crippen molar-refractivity contribution in [1.29, 1.82) is 0 Å². The third-order valence-electron chi connectivity index (χ3n) is 5.47. The van der Waals surface area contributed by atoms with Crippen molar-refractivity contribution in [3.05, 3.63) is 117 Å². The fraction of sp³-hybridized carbons (Fsp3) is 0.148. The molecule has 2 amide bonds. The van der Waals surface area contributed by atoms with E-state index in [1.165, 1.54) is 11.3 Å². The first-order valence-electron chi connectivity index (χ1n) is 10.8. The zero-order valence-electron chi connectivity index (χ0n) is 18.9. The van der Waals surface area contributed by atoms with E-state index in [1.54, 1.807) is 36.7 Å². The molecule has 1 N–H and O–H groups in total. The van der Waals surface area contributed by atoms with Crippen LogP contribution in [0.15, 0.2) is 79.1 Å². The van der Waals surface area contributed by atoms with Crippen LogP contribution in [-0.4, -0.2) is 21.7 Å². The van der Waals surface area contributed by atoms with Gasteiger partial charge in [0.05, 0.1) is 20.5 Å². The second kappa shape index (κ2) is 10.6. The molecule has 0 bridgehead atoms. The second-order valence-corrected chi connectivity index (χ2v) is 9.47. The van der Waals surface area contributed by atoms with Crippen LogP contribution in [0.25, 0.3) is 0 Å². The Morgan fingerprint density at radius 2 is 1.74 bits per heavy atom. The van der Waals surface area contributed by atoms with Crippen molar-refractivity contribution >= 4 is 39.8 Å². The Bertz CT molecular complexity index is 1320. The number of carbonyl (C=O) groups excluding carboxylic acids is 2. The number of hydrogen-bond acceptors (Lipinski definition) is 4. The van der Waals surface area contributed by atoms with E-state index in [1.807, 2.05) is 61.2 Å². The molecule has 0 radical (unpaired) electrons. The molecular weight excluding hydrogens is 466 g/mol. The maximum atomic E-state index is 13.7. The van der Waals surface area contributed by atoms with E-state index in [0.29, 0.717) is 33.6 Å². The summed E-state index contributed by atoms with van der Waals surface area (Å²) in [6, 6.07) is 20.6. The van der Waals surface area contributed by atoms with Gasteiger partial charge in [0, 0.05) is 25.5 Å². The van der Waals surface area contributed by atoms with Gasteiger partial charge in [0.1, 0.15) is 0 Å². The molecule has 4 rings (SSSR count). The summed E-state index contributed by atoms with van der Waals surface area (Å²) in [6.07, 6.45) is 3.49. The van der Waals surface area contributed by atoms with Crippen LogP contribution >= 0.6 is 22.9 Å². The molecule has 0 aliphatic carbocycles. The minimum atomic E-state index is -0.307. The van der Waals surface area contributed by atoms with Gasteiger partial charge in [0.15, 0.2) is 0 Å². The first-order chi connectivity index (χ1) is 16.4. The number of nitrogens with zero attached hydrogens (tertiary/aromatic N) is 2. The van der Waals surface area contributed by atoms with Crippen molar-refractivity contribution in [1.82, 2.24) is 9.88 Å². The average Bonchev–Trinajstić information content (AvgIpc) is 3.20. The number of rotatable bonds is 7. The minimum Gasteiger partial charge on any atom is -0.329 e. The van der Waals surface area contributed by atoms with Crippen LogP contribution in [0.5, 0.6) is 0 Å². The predicted octanol–water partition coefficient (Wildman–Crippen LogP) is 6.51. The van der Waals surface area contributed by atoms with Gasteiger partial charge in [-0.3, -0.25) is 14.6 Å². The largest absolute Gasteiger partial charge is 0.329 e. The van der Waals surface area contributed by atoms with Crippen molar-refractivity contribution in [3.8, 4) is 0 Å². The van der Waals surface area contributed by atoms with Crippen LogP contribution in [0.4, 0.5) is 5.00 Å². The number of benzene rings is 2. The molecule has 2 heterocycles. The number of halogens is 1. The molecule has 2 aromatic carbocycles. The number of nitrogens with one attached hydrogen (secondary N) is 1. The Balaban J connectivity index is 1.59. The number of aromatic nitrogens is 1. The van der Waals surface area contributed by atoms with Crippen molar-refractivity contribution in [3.63, 3.8) is 0 Å². The molecule has 0 atom stereocenters. The van der Waals surface area contributed by atoms with E-state index >= 15 is 0 Å². The van der Waals surface area contributed by atoms with Crippen molar-refractivity contribution in [2.75, 3.05) is 5.32 Å². The predicted molar refractivity (Wildman–Crippen MR) is 137 cm³/mol. The zero-order chi connectivity index (χ0) is 24.1. The fourth-order valence-electron chi connectivity index (χ4n) is 3.63. The molecule has 5 nitrogen and oxygen atoms in total. The first-order valence-corrected chi connectivity index (χ1v) is 12.0. The summed E-state index contributed by atoms with van der Waals surface area (Å²) in [4.78, 5) is 33.0. The van der Waals surface area contributed by atoms with Gasteiger partial charge in [-0.2, -0.15) is 0 Å². The molecule has 0 saturated carbocycles. The van der Waals surface area contributed by atoms with Crippen LogP contribution < -0.4 is 5.32 Å². The van der Waals surface area contributed by atoms with Gasteiger partial charge in [0.25, 0.3) is 11.8 Å². The van der Waals surface area contributed by atoms with Crippen LogP contribution in [0.3, 0.4) is 0 Å². The highest BCUT2D eigenvalue weighted by Crippen LogP contribution is 2.30.